The number of rotatable bonds is 4. The topological polar surface area (TPSA) is 58.6 Å². The number of halogens is 3. The van der Waals surface area contributed by atoms with Crippen LogP contribution in [0.4, 0.5) is 18.0 Å². The van der Waals surface area contributed by atoms with E-state index in [1.807, 2.05) is 0 Å². The van der Waals surface area contributed by atoms with Crippen molar-refractivity contribution in [2.45, 2.75) is 56.9 Å². The Hall–Kier alpha value is -1.76. The van der Waals surface area contributed by atoms with Crippen LogP contribution >= 0.6 is 0 Å². The van der Waals surface area contributed by atoms with Crippen LogP contribution in [0.5, 0.6) is 0 Å². The first-order valence-electron chi connectivity index (χ1n) is 7.77. The van der Waals surface area contributed by atoms with Crippen LogP contribution in [0.3, 0.4) is 0 Å². The second-order valence-electron chi connectivity index (χ2n) is 7.10. The first kappa shape index (κ1) is 18.6. The molecule has 0 spiro atoms. The molecule has 24 heavy (non-hydrogen) atoms. The van der Waals surface area contributed by atoms with Gasteiger partial charge in [0.2, 0.25) is 0 Å². The van der Waals surface area contributed by atoms with Gasteiger partial charge in [-0.2, -0.15) is 13.2 Å². The molecule has 1 aromatic rings. The van der Waals surface area contributed by atoms with Gasteiger partial charge in [-0.15, -0.1) is 0 Å². The first-order chi connectivity index (χ1) is 10.9. The minimum absolute atomic E-state index is 0.0846. The number of amides is 1. The van der Waals surface area contributed by atoms with E-state index in [4.69, 9.17) is 4.74 Å². The molecule has 2 N–H and O–H groups in total. The molecule has 134 valence electrons. The minimum atomic E-state index is -4.26. The monoisotopic (exact) mass is 345 g/mol. The van der Waals surface area contributed by atoms with Crippen LogP contribution < -0.4 is 5.32 Å². The molecule has 1 fully saturated rings. The molecule has 1 amide bonds. The van der Waals surface area contributed by atoms with Crippen molar-refractivity contribution in [1.82, 2.24) is 5.32 Å². The molecule has 0 aromatic heterocycles. The summed E-state index contributed by atoms with van der Waals surface area (Å²) in [4.78, 5) is 11.5. The number of ether oxygens (including phenoxy) is 1. The van der Waals surface area contributed by atoms with Crippen molar-refractivity contribution in [3.05, 3.63) is 35.4 Å². The zero-order valence-corrected chi connectivity index (χ0v) is 13.9. The predicted molar refractivity (Wildman–Crippen MR) is 82.6 cm³/mol. The molecule has 0 bridgehead atoms. The van der Waals surface area contributed by atoms with Gasteiger partial charge < -0.3 is 15.2 Å². The third kappa shape index (κ3) is 4.20. The number of carbonyl (C=O) groups excluding carboxylic acids is 1. The summed E-state index contributed by atoms with van der Waals surface area (Å²) in [5.74, 6) is 0. The Balaban J connectivity index is 1.95. The third-order valence-electron chi connectivity index (χ3n) is 3.98. The van der Waals surface area contributed by atoms with Crippen LogP contribution in [-0.2, 0) is 10.2 Å². The zero-order chi connectivity index (χ0) is 18.2. The number of alkyl carbamates (subject to hydrolysis) is 1. The highest BCUT2D eigenvalue weighted by atomic mass is 19.4. The summed E-state index contributed by atoms with van der Waals surface area (Å²) in [7, 11) is 0. The summed E-state index contributed by atoms with van der Waals surface area (Å²) >= 11 is 0. The average Bonchev–Trinajstić information content (AvgIpc) is 3.24. The Bertz CT molecular complexity index is 587. The van der Waals surface area contributed by atoms with Gasteiger partial charge in [-0.25, -0.2) is 4.79 Å². The van der Waals surface area contributed by atoms with Crippen LogP contribution in [0.1, 0.15) is 50.8 Å². The molecular weight excluding hydrogens is 323 g/mol. The summed E-state index contributed by atoms with van der Waals surface area (Å²) in [6.07, 6.45) is -5.75. The number of alkyl halides is 3. The Labute approximate surface area is 139 Å². The van der Waals surface area contributed by atoms with Gasteiger partial charge in [0, 0.05) is 0 Å². The first-order valence-corrected chi connectivity index (χ1v) is 7.77. The van der Waals surface area contributed by atoms with E-state index in [1.165, 1.54) is 24.3 Å². The highest BCUT2D eigenvalue weighted by Crippen LogP contribution is 2.58. The number of benzene rings is 1. The van der Waals surface area contributed by atoms with Crippen molar-refractivity contribution in [2.24, 2.45) is 0 Å². The maximum Gasteiger partial charge on any atom is 0.407 e. The fourth-order valence-corrected chi connectivity index (χ4v) is 2.50. The number of hydrogen-bond acceptors (Lipinski definition) is 3. The zero-order valence-electron chi connectivity index (χ0n) is 13.9. The molecule has 2 rings (SSSR count). The van der Waals surface area contributed by atoms with Crippen molar-refractivity contribution < 1.29 is 27.8 Å². The Morgan fingerprint density at radius 1 is 1.25 bits per heavy atom. The molecule has 0 saturated heterocycles. The lowest BCUT2D eigenvalue weighted by molar-refractivity contribution is -0.160. The van der Waals surface area contributed by atoms with E-state index in [9.17, 15) is 23.1 Å². The number of aliphatic hydroxyl groups is 1. The molecule has 0 aliphatic heterocycles. The van der Waals surface area contributed by atoms with Gasteiger partial charge in [0.1, 0.15) is 5.60 Å². The van der Waals surface area contributed by atoms with Crippen LogP contribution in [0.15, 0.2) is 24.3 Å². The Kier molecular flexibility index (Phi) is 4.86. The van der Waals surface area contributed by atoms with Crippen LogP contribution in [-0.4, -0.2) is 29.5 Å². The lowest BCUT2D eigenvalue weighted by Crippen LogP contribution is -2.34. The summed E-state index contributed by atoms with van der Waals surface area (Å²) in [6, 6.07) is 5.71. The summed E-state index contributed by atoms with van der Waals surface area (Å²) < 4.78 is 44.3. The van der Waals surface area contributed by atoms with E-state index in [2.05, 4.69) is 5.32 Å². The summed E-state index contributed by atoms with van der Waals surface area (Å²) in [5, 5.41) is 12.5. The maximum absolute atomic E-state index is 13.1. The summed E-state index contributed by atoms with van der Waals surface area (Å²) in [5.41, 5.74) is -1.73. The molecule has 4 nitrogen and oxygen atoms in total. The molecular formula is C17H22F3NO3. The molecule has 7 heteroatoms. The normalized spacial score (nSPS) is 18.0. The quantitative estimate of drug-likeness (QED) is 0.872. The van der Waals surface area contributed by atoms with Crippen molar-refractivity contribution in [3.63, 3.8) is 0 Å². The van der Waals surface area contributed by atoms with Crippen molar-refractivity contribution in [1.29, 1.82) is 0 Å². The highest BCUT2D eigenvalue weighted by molar-refractivity contribution is 5.67. The summed E-state index contributed by atoms with van der Waals surface area (Å²) in [6.45, 7) is 5.07. The largest absolute Gasteiger partial charge is 0.444 e. The molecule has 1 unspecified atom stereocenters. The van der Waals surface area contributed by atoms with E-state index in [-0.39, 0.29) is 24.9 Å². The molecule has 1 aromatic carbocycles. The van der Waals surface area contributed by atoms with Gasteiger partial charge in [0.05, 0.1) is 18.1 Å². The number of hydrogen-bond donors (Lipinski definition) is 2. The van der Waals surface area contributed by atoms with Crippen molar-refractivity contribution in [3.8, 4) is 0 Å². The smallest absolute Gasteiger partial charge is 0.407 e. The Morgan fingerprint density at radius 3 is 2.21 bits per heavy atom. The number of carbonyl (C=O) groups is 1. The minimum Gasteiger partial charge on any atom is -0.444 e. The van der Waals surface area contributed by atoms with Gasteiger partial charge in [-0.1, -0.05) is 24.3 Å². The van der Waals surface area contributed by atoms with E-state index >= 15 is 0 Å². The van der Waals surface area contributed by atoms with Crippen LogP contribution in [0, 0.1) is 0 Å². The standard InChI is InChI=1S/C17H22F3NO3/c1-15(2,3)24-14(23)21-10-13(22)11-4-6-12(7-5-11)16(8-9-16)17(18,19)20/h4-7,13,22H,8-10H2,1-3H3,(H,21,23). The van der Waals surface area contributed by atoms with Crippen molar-refractivity contribution >= 4 is 6.09 Å². The van der Waals surface area contributed by atoms with E-state index in [1.54, 1.807) is 20.8 Å². The lowest BCUT2D eigenvalue weighted by Gasteiger charge is -2.21. The molecule has 1 aliphatic rings. The van der Waals surface area contributed by atoms with Crippen molar-refractivity contribution in [2.75, 3.05) is 6.54 Å². The highest BCUT2D eigenvalue weighted by Gasteiger charge is 2.64. The van der Waals surface area contributed by atoms with Gasteiger partial charge in [-0.3, -0.25) is 0 Å². The number of nitrogens with one attached hydrogen (secondary N) is 1. The molecule has 1 atom stereocenters. The predicted octanol–water partition coefficient (Wildman–Crippen LogP) is 3.84. The number of aliphatic hydroxyl groups excluding tert-OH is 1. The van der Waals surface area contributed by atoms with Gasteiger partial charge in [-0.05, 0) is 44.7 Å². The second kappa shape index (κ2) is 6.27. The van der Waals surface area contributed by atoms with E-state index in [0.29, 0.717) is 5.56 Å². The fraction of sp³-hybridized carbons (Fsp3) is 0.588. The van der Waals surface area contributed by atoms with Gasteiger partial charge in [0.25, 0.3) is 0 Å². The lowest BCUT2D eigenvalue weighted by atomic mass is 9.93. The molecule has 0 radical (unpaired) electrons. The molecule has 1 aliphatic carbocycles. The fourth-order valence-electron chi connectivity index (χ4n) is 2.50. The Morgan fingerprint density at radius 2 is 1.79 bits per heavy atom. The molecule has 0 heterocycles. The van der Waals surface area contributed by atoms with E-state index in [0.717, 1.165) is 0 Å². The second-order valence-corrected chi connectivity index (χ2v) is 7.10. The third-order valence-corrected chi connectivity index (χ3v) is 3.98. The maximum atomic E-state index is 13.1. The van der Waals surface area contributed by atoms with Crippen LogP contribution in [0.25, 0.3) is 0 Å². The van der Waals surface area contributed by atoms with Crippen LogP contribution in [0.2, 0.25) is 0 Å². The van der Waals surface area contributed by atoms with E-state index < -0.39 is 29.4 Å². The van der Waals surface area contributed by atoms with Gasteiger partial charge in [0.15, 0.2) is 0 Å². The SMILES string of the molecule is CC(C)(C)OC(=O)NCC(O)c1ccc(C2(C(F)(F)F)CC2)cc1. The average molecular weight is 345 g/mol. The van der Waals surface area contributed by atoms with Gasteiger partial charge >= 0.3 is 12.3 Å². The molecule has 1 saturated carbocycles.